The summed E-state index contributed by atoms with van der Waals surface area (Å²) in [6, 6.07) is 3.16. The molecule has 2 rings (SSSR count). The Morgan fingerprint density at radius 3 is 2.27 bits per heavy atom. The average molecular weight is 320 g/mol. The zero-order valence-electron chi connectivity index (χ0n) is 12.5. The first-order chi connectivity index (χ1) is 10.4. The Labute approximate surface area is 127 Å². The minimum atomic E-state index is -4.90. The summed E-state index contributed by atoms with van der Waals surface area (Å²) < 4.78 is 58.8. The van der Waals surface area contributed by atoms with Gasteiger partial charge in [-0.1, -0.05) is 26.2 Å². The van der Waals surface area contributed by atoms with Crippen molar-refractivity contribution in [1.29, 1.82) is 0 Å². The van der Waals surface area contributed by atoms with Gasteiger partial charge in [-0.25, -0.2) is 4.39 Å². The van der Waals surface area contributed by atoms with Gasteiger partial charge in [0, 0.05) is 6.07 Å². The minimum Gasteiger partial charge on any atom is -0.493 e. The monoisotopic (exact) mass is 320 g/mol. The van der Waals surface area contributed by atoms with Gasteiger partial charge < -0.3 is 9.47 Å². The van der Waals surface area contributed by atoms with Gasteiger partial charge in [0.2, 0.25) is 0 Å². The van der Waals surface area contributed by atoms with Gasteiger partial charge in [-0.3, -0.25) is 0 Å². The van der Waals surface area contributed by atoms with Gasteiger partial charge in [0.05, 0.1) is 6.61 Å². The molecule has 0 heterocycles. The van der Waals surface area contributed by atoms with Crippen LogP contribution in [0.3, 0.4) is 0 Å². The molecule has 0 amide bonds. The summed E-state index contributed by atoms with van der Waals surface area (Å²) in [4.78, 5) is 0. The zero-order chi connectivity index (χ0) is 16.2. The molecule has 0 unspecified atom stereocenters. The van der Waals surface area contributed by atoms with Gasteiger partial charge in [-0.15, -0.1) is 13.2 Å². The molecule has 1 aromatic rings. The van der Waals surface area contributed by atoms with Crippen LogP contribution in [0.5, 0.6) is 11.5 Å². The van der Waals surface area contributed by atoms with Crippen LogP contribution in [0.25, 0.3) is 0 Å². The molecule has 6 heteroatoms. The third kappa shape index (κ3) is 5.07. The summed E-state index contributed by atoms with van der Waals surface area (Å²) >= 11 is 0. The van der Waals surface area contributed by atoms with E-state index in [0.29, 0.717) is 12.5 Å². The molecule has 0 bridgehead atoms. The lowest BCUT2D eigenvalue weighted by Crippen LogP contribution is -2.20. The number of hydrogen-bond donors (Lipinski definition) is 0. The normalized spacial score (nSPS) is 22.4. The number of benzene rings is 1. The molecule has 0 N–H and O–H groups in total. The molecule has 2 nitrogen and oxygen atoms in total. The van der Waals surface area contributed by atoms with E-state index in [-0.39, 0.29) is 5.75 Å². The summed E-state index contributed by atoms with van der Waals surface area (Å²) in [5.41, 5.74) is 0. The largest absolute Gasteiger partial charge is 0.573 e. The highest BCUT2D eigenvalue weighted by atomic mass is 19.4. The predicted octanol–water partition coefficient (Wildman–Crippen LogP) is 5.32. The first-order valence-electron chi connectivity index (χ1n) is 7.55. The Morgan fingerprint density at radius 2 is 1.73 bits per heavy atom. The smallest absolute Gasteiger partial charge is 0.493 e. The maximum absolute atomic E-state index is 13.5. The van der Waals surface area contributed by atoms with Crippen molar-refractivity contribution in [3.63, 3.8) is 0 Å². The predicted molar refractivity (Wildman–Crippen MR) is 74.3 cm³/mol. The van der Waals surface area contributed by atoms with Crippen molar-refractivity contribution in [2.24, 2.45) is 11.8 Å². The van der Waals surface area contributed by atoms with Gasteiger partial charge in [0.15, 0.2) is 11.6 Å². The summed E-state index contributed by atoms with van der Waals surface area (Å²) in [6.45, 7) is 2.66. The number of alkyl halides is 3. The molecule has 1 fully saturated rings. The lowest BCUT2D eigenvalue weighted by atomic mass is 9.81. The number of ether oxygens (including phenoxy) is 2. The van der Waals surface area contributed by atoms with Crippen molar-refractivity contribution in [2.75, 3.05) is 6.61 Å². The third-order valence-electron chi connectivity index (χ3n) is 4.16. The van der Waals surface area contributed by atoms with Crippen molar-refractivity contribution in [2.45, 2.75) is 45.4 Å². The Kier molecular flexibility index (Phi) is 5.53. The molecular weight excluding hydrogens is 300 g/mol. The summed E-state index contributed by atoms with van der Waals surface area (Å²) in [6.07, 6.45) is 0.807. The standard InChI is InChI=1S/C16H20F4O2/c1-2-11-3-5-12(6-4-11)10-21-13-7-8-15(14(17)9-13)22-16(18,19)20/h7-9,11-12H,2-6,10H2,1H3/t11-,12-. The van der Waals surface area contributed by atoms with E-state index < -0.39 is 17.9 Å². The van der Waals surface area contributed by atoms with Crippen LogP contribution >= 0.6 is 0 Å². The van der Waals surface area contributed by atoms with Crippen LogP contribution in [0.2, 0.25) is 0 Å². The van der Waals surface area contributed by atoms with Gasteiger partial charge in [-0.2, -0.15) is 0 Å². The Balaban J connectivity index is 1.85. The van der Waals surface area contributed by atoms with Crippen molar-refractivity contribution >= 4 is 0 Å². The second-order valence-electron chi connectivity index (χ2n) is 5.75. The number of rotatable bonds is 5. The van der Waals surface area contributed by atoms with Gasteiger partial charge in [0.25, 0.3) is 0 Å². The number of halogens is 4. The molecule has 0 aromatic heterocycles. The van der Waals surface area contributed by atoms with Crippen LogP contribution in [0.4, 0.5) is 17.6 Å². The third-order valence-corrected chi connectivity index (χ3v) is 4.16. The Hall–Kier alpha value is -1.46. The minimum absolute atomic E-state index is 0.227. The van der Waals surface area contributed by atoms with Crippen molar-refractivity contribution in [3.05, 3.63) is 24.0 Å². The molecule has 1 saturated carbocycles. The van der Waals surface area contributed by atoms with Crippen LogP contribution in [-0.4, -0.2) is 13.0 Å². The SMILES string of the molecule is CC[C@H]1CC[C@H](COc2ccc(OC(F)(F)F)c(F)c2)CC1. The van der Waals surface area contributed by atoms with Crippen molar-refractivity contribution in [1.82, 2.24) is 0 Å². The van der Waals surface area contributed by atoms with Crippen LogP contribution < -0.4 is 9.47 Å². The second-order valence-corrected chi connectivity index (χ2v) is 5.75. The average Bonchev–Trinajstić information content (AvgIpc) is 2.47. The van der Waals surface area contributed by atoms with Crippen LogP contribution in [-0.2, 0) is 0 Å². The highest BCUT2D eigenvalue weighted by Gasteiger charge is 2.32. The van der Waals surface area contributed by atoms with Gasteiger partial charge in [0.1, 0.15) is 5.75 Å². The van der Waals surface area contributed by atoms with Gasteiger partial charge >= 0.3 is 6.36 Å². The highest BCUT2D eigenvalue weighted by Crippen LogP contribution is 2.32. The fourth-order valence-corrected chi connectivity index (χ4v) is 2.80. The molecule has 0 saturated heterocycles. The van der Waals surface area contributed by atoms with E-state index in [1.165, 1.54) is 25.3 Å². The van der Waals surface area contributed by atoms with E-state index >= 15 is 0 Å². The van der Waals surface area contributed by atoms with Gasteiger partial charge in [-0.05, 0) is 36.8 Å². The fourth-order valence-electron chi connectivity index (χ4n) is 2.80. The van der Waals surface area contributed by atoms with Crippen LogP contribution in [0.15, 0.2) is 18.2 Å². The molecule has 124 valence electrons. The van der Waals surface area contributed by atoms with Crippen molar-refractivity contribution in [3.8, 4) is 11.5 Å². The maximum atomic E-state index is 13.5. The molecule has 1 aliphatic carbocycles. The molecule has 22 heavy (non-hydrogen) atoms. The Morgan fingerprint density at radius 1 is 1.09 bits per heavy atom. The maximum Gasteiger partial charge on any atom is 0.573 e. The van der Waals surface area contributed by atoms with E-state index in [4.69, 9.17) is 4.74 Å². The Bertz CT molecular complexity index is 480. The topological polar surface area (TPSA) is 18.5 Å². The number of hydrogen-bond acceptors (Lipinski definition) is 2. The lowest BCUT2D eigenvalue weighted by Gasteiger charge is -2.27. The highest BCUT2D eigenvalue weighted by molar-refractivity contribution is 5.33. The molecule has 0 radical (unpaired) electrons. The van der Waals surface area contributed by atoms with E-state index in [0.717, 1.165) is 30.9 Å². The van der Waals surface area contributed by atoms with E-state index in [9.17, 15) is 17.6 Å². The molecule has 1 aromatic carbocycles. The fraction of sp³-hybridized carbons (Fsp3) is 0.625. The van der Waals surface area contributed by atoms with Crippen LogP contribution in [0.1, 0.15) is 39.0 Å². The van der Waals surface area contributed by atoms with E-state index in [2.05, 4.69) is 11.7 Å². The first-order valence-corrected chi connectivity index (χ1v) is 7.55. The molecular formula is C16H20F4O2. The van der Waals surface area contributed by atoms with Crippen molar-refractivity contribution < 1.29 is 27.0 Å². The zero-order valence-corrected chi connectivity index (χ0v) is 12.5. The molecule has 1 aliphatic rings. The summed E-state index contributed by atoms with van der Waals surface area (Å²) in [5, 5.41) is 0. The summed E-state index contributed by atoms with van der Waals surface area (Å²) in [7, 11) is 0. The van der Waals surface area contributed by atoms with Crippen LogP contribution in [0, 0.1) is 17.7 Å². The lowest BCUT2D eigenvalue weighted by molar-refractivity contribution is -0.275. The first kappa shape index (κ1) is 16.9. The quantitative estimate of drug-likeness (QED) is 0.684. The summed E-state index contributed by atoms with van der Waals surface area (Å²) in [5.74, 6) is -0.484. The molecule has 0 atom stereocenters. The molecule has 0 aliphatic heterocycles. The molecule has 0 spiro atoms. The van der Waals surface area contributed by atoms with E-state index in [1.807, 2.05) is 0 Å². The second kappa shape index (κ2) is 7.20. The van der Waals surface area contributed by atoms with E-state index in [1.54, 1.807) is 0 Å².